The Hall–Kier alpha value is -2.38. The number of hydrogen-bond acceptors (Lipinski definition) is 6. The molecule has 0 aliphatic heterocycles. The lowest BCUT2D eigenvalue weighted by molar-refractivity contribution is -0.116. The maximum Gasteiger partial charge on any atom is 0.237 e. The summed E-state index contributed by atoms with van der Waals surface area (Å²) in [5.74, 6) is 0.909. The zero-order valence-electron chi connectivity index (χ0n) is 16.0. The van der Waals surface area contributed by atoms with E-state index < -0.39 is 0 Å². The average molecular weight is 413 g/mol. The molecular formula is C21H24N4OS2. The molecule has 146 valence electrons. The molecule has 0 radical (unpaired) electrons. The van der Waals surface area contributed by atoms with E-state index in [9.17, 15) is 4.79 Å². The van der Waals surface area contributed by atoms with Gasteiger partial charge in [-0.25, -0.2) is 0 Å². The van der Waals surface area contributed by atoms with Gasteiger partial charge in [0.05, 0.1) is 12.3 Å². The first-order valence-electron chi connectivity index (χ1n) is 9.21. The SMILES string of the molecule is CC(C)CNc1nnc(SCC(=O)N(Cc2ccccc2)c2ccccc2)s1. The lowest BCUT2D eigenvalue weighted by Gasteiger charge is -2.22. The van der Waals surface area contributed by atoms with Gasteiger partial charge in [-0.1, -0.05) is 85.5 Å². The Morgan fingerprint density at radius 1 is 1.07 bits per heavy atom. The fourth-order valence-corrected chi connectivity index (χ4v) is 4.16. The lowest BCUT2D eigenvalue weighted by atomic mass is 10.2. The van der Waals surface area contributed by atoms with Crippen LogP contribution < -0.4 is 10.2 Å². The molecule has 0 aliphatic rings. The van der Waals surface area contributed by atoms with Crippen LogP contribution in [0.2, 0.25) is 0 Å². The Bertz CT molecular complexity index is 868. The van der Waals surface area contributed by atoms with Gasteiger partial charge in [0.15, 0.2) is 4.34 Å². The van der Waals surface area contributed by atoms with E-state index in [2.05, 4.69) is 29.4 Å². The van der Waals surface area contributed by atoms with Gasteiger partial charge in [0.2, 0.25) is 11.0 Å². The number of carbonyl (C=O) groups is 1. The molecular weight excluding hydrogens is 388 g/mol. The minimum Gasteiger partial charge on any atom is -0.360 e. The second kappa shape index (κ2) is 10.2. The van der Waals surface area contributed by atoms with Crippen LogP contribution in [0.5, 0.6) is 0 Å². The third-order valence-electron chi connectivity index (χ3n) is 3.94. The zero-order chi connectivity index (χ0) is 19.8. The number of benzene rings is 2. The molecule has 1 aromatic heterocycles. The highest BCUT2D eigenvalue weighted by Gasteiger charge is 2.17. The summed E-state index contributed by atoms with van der Waals surface area (Å²) in [4.78, 5) is 14.8. The molecule has 1 N–H and O–H groups in total. The number of aromatic nitrogens is 2. The van der Waals surface area contributed by atoms with Crippen LogP contribution in [0.15, 0.2) is 65.0 Å². The fourth-order valence-electron chi connectivity index (χ4n) is 2.53. The van der Waals surface area contributed by atoms with Crippen LogP contribution in [0.1, 0.15) is 19.4 Å². The standard InChI is InChI=1S/C21H24N4OS2/c1-16(2)13-22-20-23-24-21(28-20)27-15-19(26)25(18-11-7-4-8-12-18)14-17-9-5-3-6-10-17/h3-12,16H,13-15H2,1-2H3,(H,22,23). The van der Waals surface area contributed by atoms with Crippen molar-refractivity contribution < 1.29 is 4.79 Å². The predicted molar refractivity (Wildman–Crippen MR) is 118 cm³/mol. The van der Waals surface area contributed by atoms with E-state index in [0.29, 0.717) is 18.2 Å². The van der Waals surface area contributed by atoms with Gasteiger partial charge >= 0.3 is 0 Å². The summed E-state index contributed by atoms with van der Waals surface area (Å²) < 4.78 is 0.798. The molecule has 0 atom stereocenters. The van der Waals surface area contributed by atoms with Crippen molar-refractivity contribution in [2.24, 2.45) is 5.92 Å². The van der Waals surface area contributed by atoms with Crippen LogP contribution in [-0.2, 0) is 11.3 Å². The number of hydrogen-bond donors (Lipinski definition) is 1. The summed E-state index contributed by atoms with van der Waals surface area (Å²) in [6, 6.07) is 19.8. The number of rotatable bonds is 9. The van der Waals surface area contributed by atoms with Crippen molar-refractivity contribution in [2.75, 3.05) is 22.5 Å². The molecule has 0 fully saturated rings. The van der Waals surface area contributed by atoms with Crippen molar-refractivity contribution in [1.82, 2.24) is 10.2 Å². The van der Waals surface area contributed by atoms with Crippen LogP contribution in [-0.4, -0.2) is 28.4 Å². The van der Waals surface area contributed by atoms with E-state index >= 15 is 0 Å². The molecule has 1 amide bonds. The van der Waals surface area contributed by atoms with E-state index in [4.69, 9.17) is 0 Å². The first-order chi connectivity index (χ1) is 13.6. The summed E-state index contributed by atoms with van der Waals surface area (Å²) in [7, 11) is 0. The van der Waals surface area contributed by atoms with E-state index in [-0.39, 0.29) is 5.91 Å². The largest absolute Gasteiger partial charge is 0.360 e. The first kappa shape index (κ1) is 20.4. The number of para-hydroxylation sites is 1. The van der Waals surface area contributed by atoms with Gasteiger partial charge in [-0.3, -0.25) is 4.79 Å². The number of anilines is 2. The van der Waals surface area contributed by atoms with Crippen LogP contribution in [0.4, 0.5) is 10.8 Å². The quantitative estimate of drug-likeness (QED) is 0.505. The molecule has 3 aromatic rings. The number of nitrogens with one attached hydrogen (secondary N) is 1. The maximum absolute atomic E-state index is 13.0. The van der Waals surface area contributed by atoms with Crippen molar-refractivity contribution in [3.8, 4) is 0 Å². The van der Waals surface area contributed by atoms with Crippen molar-refractivity contribution in [3.05, 3.63) is 66.2 Å². The Labute approximate surface area is 174 Å². The molecule has 0 saturated carbocycles. The monoisotopic (exact) mass is 412 g/mol. The Kier molecular flexibility index (Phi) is 7.45. The number of amides is 1. The van der Waals surface area contributed by atoms with Gasteiger partial charge < -0.3 is 10.2 Å². The number of carbonyl (C=O) groups excluding carboxylic acids is 1. The minimum absolute atomic E-state index is 0.0481. The van der Waals surface area contributed by atoms with E-state index in [0.717, 1.165) is 27.3 Å². The van der Waals surface area contributed by atoms with Crippen molar-refractivity contribution in [3.63, 3.8) is 0 Å². The van der Waals surface area contributed by atoms with Gasteiger partial charge in [-0.2, -0.15) is 0 Å². The molecule has 0 unspecified atom stereocenters. The fraction of sp³-hybridized carbons (Fsp3) is 0.286. The molecule has 0 spiro atoms. The third kappa shape index (κ3) is 6.07. The van der Waals surface area contributed by atoms with E-state index in [1.165, 1.54) is 23.1 Å². The third-order valence-corrected chi connectivity index (χ3v) is 5.94. The topological polar surface area (TPSA) is 58.1 Å². The normalized spacial score (nSPS) is 10.8. The molecule has 7 heteroatoms. The van der Waals surface area contributed by atoms with E-state index in [1.807, 2.05) is 65.6 Å². The minimum atomic E-state index is 0.0481. The number of thioether (sulfide) groups is 1. The highest BCUT2D eigenvalue weighted by Crippen LogP contribution is 2.27. The van der Waals surface area contributed by atoms with Gasteiger partial charge in [0, 0.05) is 12.2 Å². The smallest absolute Gasteiger partial charge is 0.237 e. The van der Waals surface area contributed by atoms with E-state index in [1.54, 1.807) is 0 Å². The highest BCUT2D eigenvalue weighted by atomic mass is 32.2. The van der Waals surface area contributed by atoms with Gasteiger partial charge in [-0.15, -0.1) is 10.2 Å². The van der Waals surface area contributed by atoms with Gasteiger partial charge in [0.25, 0.3) is 0 Å². The van der Waals surface area contributed by atoms with Crippen LogP contribution >= 0.6 is 23.1 Å². The van der Waals surface area contributed by atoms with Crippen LogP contribution in [0.25, 0.3) is 0 Å². The average Bonchev–Trinajstić information content (AvgIpc) is 3.18. The molecule has 28 heavy (non-hydrogen) atoms. The summed E-state index contributed by atoms with van der Waals surface area (Å²) in [6.07, 6.45) is 0. The predicted octanol–water partition coefficient (Wildman–Crippen LogP) is 4.93. The highest BCUT2D eigenvalue weighted by molar-refractivity contribution is 8.01. The first-order valence-corrected chi connectivity index (χ1v) is 11.0. The second-order valence-electron chi connectivity index (χ2n) is 6.74. The molecule has 2 aromatic carbocycles. The van der Waals surface area contributed by atoms with Crippen LogP contribution in [0.3, 0.4) is 0 Å². The Morgan fingerprint density at radius 2 is 1.75 bits per heavy atom. The second-order valence-corrected chi connectivity index (χ2v) is 8.94. The summed E-state index contributed by atoms with van der Waals surface area (Å²) in [5.41, 5.74) is 1.99. The van der Waals surface area contributed by atoms with Crippen molar-refractivity contribution in [1.29, 1.82) is 0 Å². The lowest BCUT2D eigenvalue weighted by Crippen LogP contribution is -2.31. The summed E-state index contributed by atoms with van der Waals surface area (Å²) >= 11 is 2.92. The van der Waals surface area contributed by atoms with Crippen molar-refractivity contribution in [2.45, 2.75) is 24.7 Å². The molecule has 0 saturated heterocycles. The Balaban J connectivity index is 1.64. The van der Waals surface area contributed by atoms with Gasteiger partial charge in [-0.05, 0) is 23.6 Å². The number of nitrogens with zero attached hydrogens (tertiary/aromatic N) is 3. The van der Waals surface area contributed by atoms with Crippen molar-refractivity contribution >= 4 is 39.8 Å². The van der Waals surface area contributed by atoms with Gasteiger partial charge in [0.1, 0.15) is 0 Å². The molecule has 0 aliphatic carbocycles. The summed E-state index contributed by atoms with van der Waals surface area (Å²) in [5, 5.41) is 12.4. The molecule has 5 nitrogen and oxygen atoms in total. The maximum atomic E-state index is 13.0. The summed E-state index contributed by atoms with van der Waals surface area (Å²) in [6.45, 7) is 5.69. The molecule has 0 bridgehead atoms. The zero-order valence-corrected chi connectivity index (χ0v) is 17.7. The van der Waals surface area contributed by atoms with Crippen LogP contribution in [0, 0.1) is 5.92 Å². The Morgan fingerprint density at radius 3 is 2.43 bits per heavy atom. The molecule has 3 rings (SSSR count). The molecule has 1 heterocycles.